The summed E-state index contributed by atoms with van der Waals surface area (Å²) >= 11 is 2.32. The van der Waals surface area contributed by atoms with Crippen LogP contribution in [0.2, 0.25) is 0 Å². The van der Waals surface area contributed by atoms with Gasteiger partial charge in [-0.2, -0.15) is 0 Å². The molecule has 0 fully saturated rings. The Morgan fingerprint density at radius 1 is 1.36 bits per heavy atom. The van der Waals surface area contributed by atoms with E-state index in [1.54, 1.807) is 0 Å². The van der Waals surface area contributed by atoms with Crippen molar-refractivity contribution < 1.29 is 0 Å². The zero-order valence-electron chi connectivity index (χ0n) is 6.55. The molecule has 0 aromatic heterocycles. The first-order chi connectivity index (χ1) is 5.34. The fourth-order valence-electron chi connectivity index (χ4n) is 0.975. The molecule has 1 aromatic carbocycles. The predicted molar refractivity (Wildman–Crippen MR) is 56.9 cm³/mol. The number of hydrogen-bond acceptors (Lipinski definition) is 1. The van der Waals surface area contributed by atoms with Gasteiger partial charge in [0.05, 0.1) is 0 Å². The molecule has 0 saturated heterocycles. The molecule has 0 amide bonds. The summed E-state index contributed by atoms with van der Waals surface area (Å²) in [6, 6.07) is 10.9. The van der Waals surface area contributed by atoms with Gasteiger partial charge in [0.15, 0.2) is 0 Å². The Bertz CT molecular complexity index is 198. The molecule has 0 radical (unpaired) electrons. The van der Waals surface area contributed by atoms with E-state index < -0.39 is 0 Å². The standard InChI is InChI=1S/C9H12IN/c1-8(11-7-10)9-5-3-2-4-6-9/h2-6,8,11H,7H2,1H3/t8-/m0/s1. The highest BCUT2D eigenvalue weighted by molar-refractivity contribution is 14.1. The van der Waals surface area contributed by atoms with Gasteiger partial charge in [-0.05, 0) is 12.5 Å². The molecule has 0 unspecified atom stereocenters. The van der Waals surface area contributed by atoms with Crippen molar-refractivity contribution in [3.8, 4) is 0 Å². The second-order valence-electron chi connectivity index (χ2n) is 2.47. The molecule has 0 spiro atoms. The van der Waals surface area contributed by atoms with E-state index in [-0.39, 0.29) is 0 Å². The van der Waals surface area contributed by atoms with E-state index in [0.717, 1.165) is 4.55 Å². The van der Waals surface area contributed by atoms with Gasteiger partial charge in [-0.1, -0.05) is 52.9 Å². The average Bonchev–Trinajstić information content (AvgIpc) is 2.07. The maximum atomic E-state index is 3.35. The van der Waals surface area contributed by atoms with Gasteiger partial charge in [-0.3, -0.25) is 0 Å². The minimum atomic E-state index is 0.466. The summed E-state index contributed by atoms with van der Waals surface area (Å²) in [5, 5.41) is 3.35. The first kappa shape index (κ1) is 9.00. The third kappa shape index (κ3) is 2.79. The van der Waals surface area contributed by atoms with E-state index in [9.17, 15) is 0 Å². The van der Waals surface area contributed by atoms with Crippen molar-refractivity contribution in [1.82, 2.24) is 5.32 Å². The molecule has 0 aliphatic heterocycles. The summed E-state index contributed by atoms with van der Waals surface area (Å²) < 4.78 is 0.994. The SMILES string of the molecule is C[C@H](NCI)c1ccccc1. The molecule has 11 heavy (non-hydrogen) atoms. The molecule has 0 aliphatic rings. The first-order valence-electron chi connectivity index (χ1n) is 3.69. The number of halogens is 1. The molecule has 1 atom stereocenters. The van der Waals surface area contributed by atoms with Crippen LogP contribution in [0.25, 0.3) is 0 Å². The van der Waals surface area contributed by atoms with Crippen LogP contribution in [0.1, 0.15) is 18.5 Å². The summed E-state index contributed by atoms with van der Waals surface area (Å²) in [4.78, 5) is 0. The minimum Gasteiger partial charge on any atom is -0.301 e. The van der Waals surface area contributed by atoms with Crippen LogP contribution in [0.3, 0.4) is 0 Å². The lowest BCUT2D eigenvalue weighted by molar-refractivity contribution is 0.646. The summed E-state index contributed by atoms with van der Waals surface area (Å²) in [6.45, 7) is 2.17. The van der Waals surface area contributed by atoms with Crippen molar-refractivity contribution >= 4 is 22.6 Å². The lowest BCUT2D eigenvalue weighted by Gasteiger charge is -2.10. The van der Waals surface area contributed by atoms with Crippen LogP contribution in [0.5, 0.6) is 0 Å². The number of nitrogens with one attached hydrogen (secondary N) is 1. The van der Waals surface area contributed by atoms with E-state index >= 15 is 0 Å². The van der Waals surface area contributed by atoms with E-state index in [1.807, 2.05) is 6.07 Å². The summed E-state index contributed by atoms with van der Waals surface area (Å²) in [5.41, 5.74) is 1.35. The Hall–Kier alpha value is -0.0900. The quantitative estimate of drug-likeness (QED) is 0.501. The molecule has 1 nitrogen and oxygen atoms in total. The van der Waals surface area contributed by atoms with Crippen molar-refractivity contribution in [1.29, 1.82) is 0 Å². The lowest BCUT2D eigenvalue weighted by Crippen LogP contribution is -2.15. The molecule has 1 aromatic rings. The smallest absolute Gasteiger partial charge is 0.0484 e. The van der Waals surface area contributed by atoms with Gasteiger partial charge >= 0.3 is 0 Å². The largest absolute Gasteiger partial charge is 0.301 e. The topological polar surface area (TPSA) is 12.0 Å². The van der Waals surface area contributed by atoms with Gasteiger partial charge in [0, 0.05) is 10.6 Å². The van der Waals surface area contributed by atoms with Crippen molar-refractivity contribution in [3.63, 3.8) is 0 Å². The molecule has 60 valence electrons. The molecular weight excluding hydrogens is 249 g/mol. The lowest BCUT2D eigenvalue weighted by atomic mass is 10.1. The Labute approximate surface area is 81.3 Å². The second kappa shape index (κ2) is 4.72. The van der Waals surface area contributed by atoms with Gasteiger partial charge in [-0.25, -0.2) is 0 Å². The van der Waals surface area contributed by atoms with Gasteiger partial charge in [0.1, 0.15) is 0 Å². The zero-order valence-corrected chi connectivity index (χ0v) is 8.71. The number of hydrogen-bond donors (Lipinski definition) is 1. The van der Waals surface area contributed by atoms with Gasteiger partial charge in [0.2, 0.25) is 0 Å². The number of rotatable bonds is 3. The van der Waals surface area contributed by atoms with Crippen LogP contribution in [0.15, 0.2) is 30.3 Å². The monoisotopic (exact) mass is 261 g/mol. The van der Waals surface area contributed by atoms with Crippen molar-refractivity contribution in [2.45, 2.75) is 13.0 Å². The van der Waals surface area contributed by atoms with E-state index in [2.05, 4.69) is 59.1 Å². The van der Waals surface area contributed by atoms with Gasteiger partial charge in [0.25, 0.3) is 0 Å². The Kier molecular flexibility index (Phi) is 3.86. The second-order valence-corrected chi connectivity index (χ2v) is 3.23. The molecule has 0 bridgehead atoms. The first-order valence-corrected chi connectivity index (χ1v) is 5.21. The Morgan fingerprint density at radius 2 is 2.00 bits per heavy atom. The van der Waals surface area contributed by atoms with Crippen LogP contribution in [0, 0.1) is 0 Å². The molecule has 1 N–H and O–H groups in total. The van der Waals surface area contributed by atoms with E-state index in [1.165, 1.54) is 5.56 Å². The maximum absolute atomic E-state index is 3.35. The van der Waals surface area contributed by atoms with Crippen LogP contribution in [-0.2, 0) is 0 Å². The van der Waals surface area contributed by atoms with E-state index in [4.69, 9.17) is 0 Å². The van der Waals surface area contributed by atoms with Crippen molar-refractivity contribution in [2.75, 3.05) is 4.55 Å². The summed E-state index contributed by atoms with van der Waals surface area (Å²) in [5.74, 6) is 0. The molecule has 1 rings (SSSR count). The van der Waals surface area contributed by atoms with Crippen molar-refractivity contribution in [2.24, 2.45) is 0 Å². The molecule has 2 heteroatoms. The Balaban J connectivity index is 2.61. The zero-order chi connectivity index (χ0) is 8.10. The summed E-state index contributed by atoms with van der Waals surface area (Å²) in [6.07, 6.45) is 0. The summed E-state index contributed by atoms with van der Waals surface area (Å²) in [7, 11) is 0. The molecule has 0 aliphatic carbocycles. The number of benzene rings is 1. The Morgan fingerprint density at radius 3 is 2.55 bits per heavy atom. The normalized spacial score (nSPS) is 12.9. The minimum absolute atomic E-state index is 0.466. The number of alkyl halides is 1. The van der Waals surface area contributed by atoms with Crippen molar-refractivity contribution in [3.05, 3.63) is 35.9 Å². The highest BCUT2D eigenvalue weighted by atomic mass is 127. The highest BCUT2D eigenvalue weighted by Crippen LogP contribution is 2.10. The fraction of sp³-hybridized carbons (Fsp3) is 0.333. The third-order valence-electron chi connectivity index (χ3n) is 1.68. The molecule has 0 heterocycles. The predicted octanol–water partition coefficient (Wildman–Crippen LogP) is 2.73. The van der Waals surface area contributed by atoms with Crippen LogP contribution in [0.4, 0.5) is 0 Å². The maximum Gasteiger partial charge on any atom is 0.0484 e. The molecular formula is C9H12IN. The van der Waals surface area contributed by atoms with Gasteiger partial charge in [-0.15, -0.1) is 0 Å². The average molecular weight is 261 g/mol. The highest BCUT2D eigenvalue weighted by Gasteiger charge is 2.00. The molecule has 0 saturated carbocycles. The van der Waals surface area contributed by atoms with Gasteiger partial charge < -0.3 is 5.32 Å². The third-order valence-corrected chi connectivity index (χ3v) is 2.12. The van der Waals surface area contributed by atoms with E-state index in [0.29, 0.717) is 6.04 Å². The fourth-order valence-corrected chi connectivity index (χ4v) is 1.64. The van der Waals surface area contributed by atoms with Crippen LogP contribution >= 0.6 is 22.6 Å². The van der Waals surface area contributed by atoms with Crippen LogP contribution in [-0.4, -0.2) is 4.55 Å². The van der Waals surface area contributed by atoms with Crippen LogP contribution < -0.4 is 5.32 Å².